The van der Waals surface area contributed by atoms with Gasteiger partial charge in [-0.3, -0.25) is 14.4 Å². The summed E-state index contributed by atoms with van der Waals surface area (Å²) in [4.78, 5) is 46.6. The Bertz CT molecular complexity index is 936. The Kier molecular flexibility index (Phi) is 6.29. The number of aromatic nitrogens is 2. The molecule has 0 N–H and O–H groups in total. The molecule has 2 saturated heterocycles. The van der Waals surface area contributed by atoms with Crippen molar-refractivity contribution in [2.24, 2.45) is 0 Å². The maximum Gasteiger partial charge on any atom is 0.254 e. The van der Waals surface area contributed by atoms with Gasteiger partial charge in [-0.1, -0.05) is 23.4 Å². The second-order valence-corrected chi connectivity index (χ2v) is 7.96. The lowest BCUT2D eigenvalue weighted by molar-refractivity contribution is -0.138. The van der Waals surface area contributed by atoms with E-state index in [2.05, 4.69) is 10.1 Å². The molecule has 0 radical (unpaired) electrons. The molecule has 0 aliphatic carbocycles. The van der Waals surface area contributed by atoms with Crippen molar-refractivity contribution in [3.63, 3.8) is 0 Å². The van der Waals surface area contributed by atoms with Crippen LogP contribution in [0.3, 0.4) is 0 Å². The van der Waals surface area contributed by atoms with Gasteiger partial charge in [0, 0.05) is 58.1 Å². The number of carbonyl (C=O) groups excluding carboxylic acids is 3. The molecule has 2 fully saturated rings. The van der Waals surface area contributed by atoms with E-state index in [4.69, 9.17) is 4.52 Å². The Morgan fingerprint density at radius 3 is 2.45 bits per heavy atom. The Morgan fingerprint density at radius 1 is 1.03 bits per heavy atom. The molecule has 3 amide bonds. The van der Waals surface area contributed by atoms with Gasteiger partial charge in [-0.15, -0.1) is 0 Å². The second kappa shape index (κ2) is 9.28. The van der Waals surface area contributed by atoms with E-state index < -0.39 is 0 Å². The summed E-state index contributed by atoms with van der Waals surface area (Å²) in [5.41, 5.74) is 0.647. The molecule has 0 bridgehead atoms. The number of rotatable bonds is 5. The van der Waals surface area contributed by atoms with Crippen LogP contribution in [0.25, 0.3) is 0 Å². The van der Waals surface area contributed by atoms with Gasteiger partial charge < -0.3 is 19.2 Å². The Hall–Kier alpha value is -3.23. The minimum absolute atomic E-state index is 0.0182. The van der Waals surface area contributed by atoms with E-state index in [1.54, 1.807) is 33.8 Å². The predicted molar refractivity (Wildman–Crippen MR) is 111 cm³/mol. The zero-order chi connectivity index (χ0) is 21.8. The first kappa shape index (κ1) is 21.0. The van der Waals surface area contributed by atoms with Gasteiger partial charge in [0.05, 0.1) is 6.04 Å². The number of nitrogens with zero attached hydrogens (tertiary/aromatic N) is 5. The van der Waals surface area contributed by atoms with Gasteiger partial charge in [-0.25, -0.2) is 0 Å². The van der Waals surface area contributed by atoms with Crippen LogP contribution in [-0.4, -0.2) is 75.3 Å². The number of amides is 3. The predicted octanol–water partition coefficient (Wildman–Crippen LogP) is 1.67. The molecule has 0 saturated carbocycles. The maximum absolute atomic E-state index is 12.9. The quantitative estimate of drug-likeness (QED) is 0.723. The summed E-state index contributed by atoms with van der Waals surface area (Å²) in [6.07, 6.45) is 2.31. The fourth-order valence-corrected chi connectivity index (χ4v) is 4.17. The van der Waals surface area contributed by atoms with E-state index in [-0.39, 0.29) is 30.2 Å². The highest BCUT2D eigenvalue weighted by molar-refractivity contribution is 5.94. The van der Waals surface area contributed by atoms with Crippen molar-refractivity contribution in [1.82, 2.24) is 24.8 Å². The molecule has 2 aliphatic rings. The van der Waals surface area contributed by atoms with E-state index in [0.29, 0.717) is 56.4 Å². The third-order valence-electron chi connectivity index (χ3n) is 5.95. The van der Waals surface area contributed by atoms with Gasteiger partial charge in [0.2, 0.25) is 17.7 Å². The number of likely N-dealkylation sites (tertiary alicyclic amines) is 1. The molecule has 1 aromatic heterocycles. The number of benzene rings is 1. The summed E-state index contributed by atoms with van der Waals surface area (Å²) in [6.45, 7) is 4.44. The van der Waals surface area contributed by atoms with Crippen LogP contribution >= 0.6 is 0 Å². The lowest BCUT2D eigenvalue weighted by Gasteiger charge is -2.34. The number of carbonyl (C=O) groups is 3. The van der Waals surface area contributed by atoms with Crippen LogP contribution < -0.4 is 0 Å². The van der Waals surface area contributed by atoms with Crippen molar-refractivity contribution < 1.29 is 18.9 Å². The molecule has 0 spiro atoms. The molecule has 9 heteroatoms. The van der Waals surface area contributed by atoms with E-state index >= 15 is 0 Å². The van der Waals surface area contributed by atoms with Crippen LogP contribution in [0.15, 0.2) is 34.9 Å². The monoisotopic (exact) mass is 425 g/mol. The second-order valence-electron chi connectivity index (χ2n) is 7.96. The van der Waals surface area contributed by atoms with E-state index in [0.717, 1.165) is 12.8 Å². The van der Waals surface area contributed by atoms with Crippen LogP contribution in [0.1, 0.15) is 54.3 Å². The standard InChI is InChI=1S/C22H27N5O4/c1-16(28)25-12-14-26(15-13-25)20(29)10-9-19-23-21(24-31-19)18-8-5-11-27(18)22(30)17-6-3-2-4-7-17/h2-4,6-7,18H,5,8-15H2,1H3. The summed E-state index contributed by atoms with van der Waals surface area (Å²) in [5.74, 6) is 0.931. The fourth-order valence-electron chi connectivity index (χ4n) is 4.17. The van der Waals surface area contributed by atoms with Gasteiger partial charge in [0.25, 0.3) is 5.91 Å². The number of piperazine rings is 1. The zero-order valence-corrected chi connectivity index (χ0v) is 17.7. The van der Waals surface area contributed by atoms with E-state index in [1.807, 2.05) is 18.2 Å². The molecular weight excluding hydrogens is 398 g/mol. The number of hydrogen-bond donors (Lipinski definition) is 0. The van der Waals surface area contributed by atoms with Crippen molar-refractivity contribution in [2.45, 2.75) is 38.6 Å². The number of aryl methyl sites for hydroxylation is 1. The highest BCUT2D eigenvalue weighted by Gasteiger charge is 2.34. The van der Waals surface area contributed by atoms with Crippen LogP contribution in [0.2, 0.25) is 0 Å². The Morgan fingerprint density at radius 2 is 1.74 bits per heavy atom. The smallest absolute Gasteiger partial charge is 0.254 e. The Labute approximate surface area is 181 Å². The third-order valence-corrected chi connectivity index (χ3v) is 5.95. The van der Waals surface area contributed by atoms with Crippen molar-refractivity contribution in [2.75, 3.05) is 32.7 Å². The average Bonchev–Trinajstić information content (AvgIpc) is 3.47. The lowest BCUT2D eigenvalue weighted by atomic mass is 10.1. The summed E-state index contributed by atoms with van der Waals surface area (Å²) in [5, 5.41) is 4.10. The molecule has 1 unspecified atom stereocenters. The minimum atomic E-state index is -0.208. The van der Waals surface area contributed by atoms with E-state index in [1.165, 1.54) is 0 Å². The minimum Gasteiger partial charge on any atom is -0.339 e. The van der Waals surface area contributed by atoms with Crippen molar-refractivity contribution in [3.05, 3.63) is 47.6 Å². The van der Waals surface area contributed by atoms with E-state index in [9.17, 15) is 14.4 Å². The van der Waals surface area contributed by atoms with Crippen molar-refractivity contribution >= 4 is 17.7 Å². The molecule has 3 heterocycles. The van der Waals surface area contributed by atoms with Gasteiger partial charge in [0.1, 0.15) is 0 Å². The van der Waals surface area contributed by atoms with Gasteiger partial charge >= 0.3 is 0 Å². The summed E-state index contributed by atoms with van der Waals surface area (Å²) >= 11 is 0. The van der Waals surface area contributed by atoms with Crippen molar-refractivity contribution in [3.8, 4) is 0 Å². The highest BCUT2D eigenvalue weighted by Crippen LogP contribution is 2.31. The van der Waals surface area contributed by atoms with Gasteiger partial charge in [0.15, 0.2) is 5.82 Å². The molecular formula is C22H27N5O4. The van der Waals surface area contributed by atoms with Gasteiger partial charge in [-0.05, 0) is 25.0 Å². The average molecular weight is 425 g/mol. The summed E-state index contributed by atoms with van der Waals surface area (Å²) in [6, 6.07) is 8.99. The molecule has 164 valence electrons. The normalized spacial score (nSPS) is 19.0. The molecule has 2 aliphatic heterocycles. The van der Waals surface area contributed by atoms with Crippen molar-refractivity contribution in [1.29, 1.82) is 0 Å². The molecule has 9 nitrogen and oxygen atoms in total. The fraction of sp³-hybridized carbons (Fsp3) is 0.500. The van der Waals surface area contributed by atoms with Crippen LogP contribution in [0.5, 0.6) is 0 Å². The first-order chi connectivity index (χ1) is 15.0. The summed E-state index contributed by atoms with van der Waals surface area (Å²) in [7, 11) is 0. The first-order valence-electron chi connectivity index (χ1n) is 10.7. The molecule has 2 aromatic rings. The zero-order valence-electron chi connectivity index (χ0n) is 17.7. The third kappa shape index (κ3) is 4.76. The topological polar surface area (TPSA) is 99.9 Å². The van der Waals surface area contributed by atoms with Crippen LogP contribution in [0, 0.1) is 0 Å². The van der Waals surface area contributed by atoms with Gasteiger partial charge in [-0.2, -0.15) is 4.98 Å². The largest absolute Gasteiger partial charge is 0.339 e. The number of hydrogen-bond acceptors (Lipinski definition) is 6. The molecule has 31 heavy (non-hydrogen) atoms. The molecule has 4 rings (SSSR count). The first-order valence-corrected chi connectivity index (χ1v) is 10.7. The van der Waals surface area contributed by atoms with Crippen LogP contribution in [-0.2, 0) is 16.0 Å². The summed E-state index contributed by atoms with van der Waals surface area (Å²) < 4.78 is 5.37. The highest BCUT2D eigenvalue weighted by atomic mass is 16.5. The molecule has 1 atom stereocenters. The Balaban J connectivity index is 1.32. The van der Waals surface area contributed by atoms with Crippen LogP contribution in [0.4, 0.5) is 0 Å². The lowest BCUT2D eigenvalue weighted by Crippen LogP contribution is -2.50. The maximum atomic E-state index is 12.9. The SMILES string of the molecule is CC(=O)N1CCN(C(=O)CCc2nc(C3CCCN3C(=O)c3ccccc3)no2)CC1. The molecule has 1 aromatic carbocycles.